The van der Waals surface area contributed by atoms with Crippen molar-refractivity contribution in [3.8, 4) is 0 Å². The number of nitrogens with zero attached hydrogens (tertiary/aromatic N) is 1. The zero-order valence-corrected chi connectivity index (χ0v) is 14.4. The van der Waals surface area contributed by atoms with E-state index in [0.717, 1.165) is 30.5 Å². The van der Waals surface area contributed by atoms with E-state index in [-0.39, 0.29) is 5.41 Å². The highest BCUT2D eigenvalue weighted by molar-refractivity contribution is 7.98. The Morgan fingerprint density at radius 3 is 2.81 bits per heavy atom. The number of hydrogen-bond acceptors (Lipinski definition) is 2. The van der Waals surface area contributed by atoms with Crippen LogP contribution >= 0.6 is 23.4 Å². The molecule has 1 fully saturated rings. The van der Waals surface area contributed by atoms with Gasteiger partial charge in [0, 0.05) is 30.6 Å². The van der Waals surface area contributed by atoms with Gasteiger partial charge >= 0.3 is 0 Å². The molecule has 0 radical (unpaired) electrons. The third-order valence-corrected chi connectivity index (χ3v) is 4.86. The maximum atomic E-state index is 6.11. The van der Waals surface area contributed by atoms with Crippen LogP contribution in [0, 0.1) is 0 Å². The van der Waals surface area contributed by atoms with E-state index in [1.165, 1.54) is 24.2 Å². The van der Waals surface area contributed by atoms with Gasteiger partial charge in [-0.2, -0.15) is 11.8 Å². The molecule has 0 atom stereocenters. The number of guanidine groups is 1. The van der Waals surface area contributed by atoms with E-state index in [0.29, 0.717) is 0 Å². The Labute approximate surface area is 136 Å². The molecule has 1 aromatic rings. The van der Waals surface area contributed by atoms with E-state index in [4.69, 9.17) is 11.6 Å². The van der Waals surface area contributed by atoms with Crippen molar-refractivity contribution >= 4 is 29.3 Å². The molecular formula is C16H24ClN3S. The highest BCUT2D eigenvalue weighted by Crippen LogP contribution is 2.48. The lowest BCUT2D eigenvalue weighted by Crippen LogP contribution is -2.41. The van der Waals surface area contributed by atoms with Crippen LogP contribution in [0.4, 0.5) is 0 Å². The fraction of sp³-hybridized carbons (Fsp3) is 0.562. The quantitative estimate of drug-likeness (QED) is 0.459. The molecule has 0 bridgehead atoms. The van der Waals surface area contributed by atoms with Crippen molar-refractivity contribution in [2.24, 2.45) is 4.99 Å². The SMILES string of the molecule is CN=C(NCCCSC)NCC1(c2cccc(Cl)c2)CC1. The maximum absolute atomic E-state index is 6.11. The number of hydrogen-bond donors (Lipinski definition) is 2. The zero-order valence-electron chi connectivity index (χ0n) is 12.8. The molecule has 2 N–H and O–H groups in total. The molecule has 21 heavy (non-hydrogen) atoms. The van der Waals surface area contributed by atoms with Crippen LogP contribution in [0.1, 0.15) is 24.8 Å². The van der Waals surface area contributed by atoms with Gasteiger partial charge in [-0.05, 0) is 49.0 Å². The summed E-state index contributed by atoms with van der Waals surface area (Å²) in [6, 6.07) is 8.23. The number of rotatable bonds is 7. The molecule has 0 unspecified atom stereocenters. The number of benzene rings is 1. The minimum Gasteiger partial charge on any atom is -0.356 e. The second kappa shape index (κ2) is 7.95. The summed E-state index contributed by atoms with van der Waals surface area (Å²) in [6.07, 6.45) is 5.71. The van der Waals surface area contributed by atoms with E-state index in [1.807, 2.05) is 30.9 Å². The van der Waals surface area contributed by atoms with Gasteiger partial charge in [-0.15, -0.1) is 0 Å². The lowest BCUT2D eigenvalue weighted by molar-refractivity contribution is 0.645. The molecule has 0 aliphatic heterocycles. The summed E-state index contributed by atoms with van der Waals surface area (Å²) < 4.78 is 0. The molecule has 3 nitrogen and oxygen atoms in total. The van der Waals surface area contributed by atoms with E-state index >= 15 is 0 Å². The second-order valence-electron chi connectivity index (χ2n) is 5.49. The smallest absolute Gasteiger partial charge is 0.191 e. The molecule has 2 rings (SSSR count). The lowest BCUT2D eigenvalue weighted by atomic mass is 9.96. The first-order valence-electron chi connectivity index (χ1n) is 7.40. The van der Waals surface area contributed by atoms with Crippen molar-refractivity contribution in [2.45, 2.75) is 24.7 Å². The first-order valence-corrected chi connectivity index (χ1v) is 9.17. The van der Waals surface area contributed by atoms with Gasteiger partial charge in [0.1, 0.15) is 0 Å². The average Bonchev–Trinajstić information content (AvgIpc) is 3.28. The van der Waals surface area contributed by atoms with Crippen LogP contribution in [0.15, 0.2) is 29.3 Å². The number of halogens is 1. The Kier molecular flexibility index (Phi) is 6.24. The maximum Gasteiger partial charge on any atom is 0.191 e. The Balaban J connectivity index is 1.84. The molecule has 1 saturated carbocycles. The Morgan fingerprint density at radius 1 is 1.38 bits per heavy atom. The van der Waals surface area contributed by atoms with Crippen LogP contribution in [0.25, 0.3) is 0 Å². The van der Waals surface area contributed by atoms with Crippen molar-refractivity contribution in [2.75, 3.05) is 32.1 Å². The van der Waals surface area contributed by atoms with Gasteiger partial charge < -0.3 is 10.6 Å². The average molecular weight is 326 g/mol. The monoisotopic (exact) mass is 325 g/mol. The van der Waals surface area contributed by atoms with Crippen molar-refractivity contribution in [3.63, 3.8) is 0 Å². The Hall–Kier alpha value is -0.870. The molecular weight excluding hydrogens is 302 g/mol. The summed E-state index contributed by atoms with van der Waals surface area (Å²) >= 11 is 7.98. The van der Waals surface area contributed by atoms with Crippen molar-refractivity contribution in [1.82, 2.24) is 10.6 Å². The lowest BCUT2D eigenvalue weighted by Gasteiger charge is -2.19. The molecule has 1 aliphatic carbocycles. The molecule has 5 heteroatoms. The first-order chi connectivity index (χ1) is 10.2. The van der Waals surface area contributed by atoms with Crippen LogP contribution in [0.2, 0.25) is 5.02 Å². The van der Waals surface area contributed by atoms with Crippen LogP contribution in [0.5, 0.6) is 0 Å². The van der Waals surface area contributed by atoms with Gasteiger partial charge in [-0.3, -0.25) is 4.99 Å². The van der Waals surface area contributed by atoms with Gasteiger partial charge in [-0.1, -0.05) is 23.7 Å². The highest BCUT2D eigenvalue weighted by Gasteiger charge is 2.44. The van der Waals surface area contributed by atoms with Crippen LogP contribution in [-0.2, 0) is 5.41 Å². The predicted molar refractivity (Wildman–Crippen MR) is 94.7 cm³/mol. The zero-order chi connectivity index (χ0) is 15.1. The van der Waals surface area contributed by atoms with Gasteiger partial charge in [0.25, 0.3) is 0 Å². The summed E-state index contributed by atoms with van der Waals surface area (Å²) in [5.74, 6) is 2.07. The molecule has 0 heterocycles. The van der Waals surface area contributed by atoms with E-state index in [1.54, 1.807) is 0 Å². The van der Waals surface area contributed by atoms with E-state index in [2.05, 4.69) is 34.0 Å². The summed E-state index contributed by atoms with van der Waals surface area (Å²) in [6.45, 7) is 1.88. The van der Waals surface area contributed by atoms with Crippen molar-refractivity contribution < 1.29 is 0 Å². The summed E-state index contributed by atoms with van der Waals surface area (Å²) in [5, 5.41) is 7.64. The van der Waals surface area contributed by atoms with Gasteiger partial charge in [-0.25, -0.2) is 0 Å². The van der Waals surface area contributed by atoms with Crippen molar-refractivity contribution in [1.29, 1.82) is 0 Å². The van der Waals surface area contributed by atoms with Crippen molar-refractivity contribution in [3.05, 3.63) is 34.9 Å². The fourth-order valence-electron chi connectivity index (χ4n) is 2.43. The largest absolute Gasteiger partial charge is 0.356 e. The molecule has 0 aromatic heterocycles. The fourth-order valence-corrected chi connectivity index (χ4v) is 3.06. The normalized spacial score (nSPS) is 16.6. The summed E-state index contributed by atoms with van der Waals surface area (Å²) in [4.78, 5) is 4.29. The Bertz CT molecular complexity index is 486. The predicted octanol–water partition coefficient (Wildman–Crippen LogP) is 3.29. The van der Waals surface area contributed by atoms with Crippen LogP contribution in [0.3, 0.4) is 0 Å². The number of nitrogens with one attached hydrogen (secondary N) is 2. The van der Waals surface area contributed by atoms with Gasteiger partial charge in [0.05, 0.1) is 0 Å². The number of thioether (sulfide) groups is 1. The molecule has 0 saturated heterocycles. The first kappa shape index (κ1) is 16.5. The highest BCUT2D eigenvalue weighted by atomic mass is 35.5. The van der Waals surface area contributed by atoms with Gasteiger partial charge in [0.2, 0.25) is 0 Å². The molecule has 0 spiro atoms. The van der Waals surface area contributed by atoms with E-state index < -0.39 is 0 Å². The Morgan fingerprint density at radius 2 is 2.19 bits per heavy atom. The van der Waals surface area contributed by atoms with Crippen LogP contribution in [-0.4, -0.2) is 38.1 Å². The minimum absolute atomic E-state index is 0.238. The third-order valence-electron chi connectivity index (χ3n) is 3.93. The molecule has 1 aliphatic rings. The third kappa shape index (κ3) is 4.82. The molecule has 0 amide bonds. The molecule has 116 valence electrons. The molecule has 1 aromatic carbocycles. The van der Waals surface area contributed by atoms with Crippen LogP contribution < -0.4 is 10.6 Å². The van der Waals surface area contributed by atoms with E-state index in [9.17, 15) is 0 Å². The second-order valence-corrected chi connectivity index (χ2v) is 6.91. The standard InChI is InChI=1S/C16H24ClN3S/c1-18-15(19-9-4-10-21-2)20-12-16(7-8-16)13-5-3-6-14(17)11-13/h3,5-6,11H,4,7-10,12H2,1-2H3,(H2,18,19,20). The van der Waals surface area contributed by atoms with Gasteiger partial charge in [0.15, 0.2) is 5.96 Å². The summed E-state index contributed by atoms with van der Waals surface area (Å²) in [7, 11) is 1.82. The topological polar surface area (TPSA) is 36.4 Å². The number of aliphatic imine (C=N–C) groups is 1. The minimum atomic E-state index is 0.238. The summed E-state index contributed by atoms with van der Waals surface area (Å²) in [5.41, 5.74) is 1.57.